The molecule has 2 fully saturated rings. The topological polar surface area (TPSA) is 99.3 Å². The second-order valence-corrected chi connectivity index (χ2v) is 14.3. The first kappa shape index (κ1) is 28.6. The normalized spacial score (nSPS) is 22.0. The summed E-state index contributed by atoms with van der Waals surface area (Å²) in [5.74, 6) is -0.281. The van der Waals surface area contributed by atoms with Crippen molar-refractivity contribution < 1.29 is 22.7 Å². The minimum atomic E-state index is -3.42. The highest BCUT2D eigenvalue weighted by Gasteiger charge is 2.55. The molecular formula is C30H40N4O5S. The zero-order valence-electron chi connectivity index (χ0n) is 24.0. The third-order valence-corrected chi connectivity index (χ3v) is 9.71. The quantitative estimate of drug-likeness (QED) is 0.552. The van der Waals surface area contributed by atoms with Gasteiger partial charge in [0.05, 0.1) is 36.4 Å². The largest absolute Gasteiger partial charge is 0.374 e. The van der Waals surface area contributed by atoms with Crippen LogP contribution in [0.3, 0.4) is 0 Å². The average molecular weight is 569 g/mol. The van der Waals surface area contributed by atoms with Crippen molar-refractivity contribution in [3.63, 3.8) is 0 Å². The molecule has 1 unspecified atom stereocenters. The van der Waals surface area contributed by atoms with Gasteiger partial charge >= 0.3 is 0 Å². The monoisotopic (exact) mass is 568 g/mol. The maximum Gasteiger partial charge on any atom is 0.247 e. The van der Waals surface area contributed by atoms with E-state index in [4.69, 9.17) is 4.74 Å². The van der Waals surface area contributed by atoms with Gasteiger partial charge in [-0.2, -0.15) is 0 Å². The van der Waals surface area contributed by atoms with Gasteiger partial charge in [-0.05, 0) is 57.7 Å². The van der Waals surface area contributed by atoms with Gasteiger partial charge in [-0.25, -0.2) is 8.42 Å². The molecule has 1 spiro atoms. The number of nitrogens with zero attached hydrogens (tertiary/aromatic N) is 3. The summed E-state index contributed by atoms with van der Waals surface area (Å²) in [7, 11) is -3.42. The molecule has 1 atom stereocenters. The molecule has 0 bridgehead atoms. The van der Waals surface area contributed by atoms with Crippen LogP contribution < -0.4 is 9.62 Å². The molecule has 2 aromatic carbocycles. The van der Waals surface area contributed by atoms with Crippen LogP contribution in [0, 0.1) is 0 Å². The summed E-state index contributed by atoms with van der Waals surface area (Å²) < 4.78 is 32.7. The molecule has 2 amide bonds. The third kappa shape index (κ3) is 5.12. The number of fused-ring (bicyclic) bond motifs is 2. The van der Waals surface area contributed by atoms with E-state index in [0.29, 0.717) is 39.1 Å². The lowest BCUT2D eigenvalue weighted by Crippen LogP contribution is -2.60. The Labute approximate surface area is 237 Å². The van der Waals surface area contributed by atoms with Gasteiger partial charge in [0.25, 0.3) is 0 Å². The van der Waals surface area contributed by atoms with E-state index in [0.717, 1.165) is 16.8 Å². The Morgan fingerprint density at radius 3 is 2.23 bits per heavy atom. The molecule has 0 radical (unpaired) electrons. The van der Waals surface area contributed by atoms with E-state index >= 15 is 0 Å². The molecule has 1 N–H and O–H groups in total. The minimum absolute atomic E-state index is 0.0764. The molecule has 0 aliphatic carbocycles. The van der Waals surface area contributed by atoms with Crippen molar-refractivity contribution in [2.75, 3.05) is 36.8 Å². The molecule has 2 saturated heterocycles. The Bertz CT molecular complexity index is 1380. The van der Waals surface area contributed by atoms with Crippen molar-refractivity contribution in [3.8, 4) is 0 Å². The highest BCUT2D eigenvalue weighted by molar-refractivity contribution is 7.92. The fraction of sp³-hybridized carbons (Fsp3) is 0.533. The Morgan fingerprint density at radius 2 is 1.62 bits per heavy atom. The molecule has 5 rings (SSSR count). The highest BCUT2D eigenvalue weighted by atomic mass is 32.2. The summed E-state index contributed by atoms with van der Waals surface area (Å²) >= 11 is 0. The van der Waals surface area contributed by atoms with E-state index in [-0.39, 0.29) is 23.8 Å². The van der Waals surface area contributed by atoms with Crippen LogP contribution in [-0.2, 0) is 36.4 Å². The molecule has 216 valence electrons. The molecular weight excluding hydrogens is 528 g/mol. The van der Waals surface area contributed by atoms with Crippen molar-refractivity contribution in [1.29, 1.82) is 0 Å². The summed E-state index contributed by atoms with van der Waals surface area (Å²) in [6.07, 6.45) is 2.52. The van der Waals surface area contributed by atoms with Crippen LogP contribution in [0.1, 0.15) is 51.7 Å². The van der Waals surface area contributed by atoms with Gasteiger partial charge in [0, 0.05) is 25.0 Å². The molecule has 40 heavy (non-hydrogen) atoms. The maximum absolute atomic E-state index is 14.2. The smallest absolute Gasteiger partial charge is 0.247 e. The molecule has 0 saturated carbocycles. The second kappa shape index (κ2) is 10.2. The van der Waals surface area contributed by atoms with E-state index in [1.165, 1.54) is 10.6 Å². The number of likely N-dealkylation sites (tertiary alicyclic amines) is 1. The average Bonchev–Trinajstić information content (AvgIpc) is 3.30. The second-order valence-electron chi connectivity index (χ2n) is 12.4. The van der Waals surface area contributed by atoms with Gasteiger partial charge in [0.1, 0.15) is 6.04 Å². The number of sulfonamides is 1. The summed E-state index contributed by atoms with van der Waals surface area (Å²) in [4.78, 5) is 31.2. The Balaban J connectivity index is 1.36. The molecule has 10 heteroatoms. The zero-order chi connectivity index (χ0) is 28.9. The van der Waals surface area contributed by atoms with Gasteiger partial charge in [0.15, 0.2) is 0 Å². The summed E-state index contributed by atoms with van der Waals surface area (Å²) in [5, 5.41) is 3.37. The van der Waals surface area contributed by atoms with Crippen molar-refractivity contribution >= 4 is 27.5 Å². The summed E-state index contributed by atoms with van der Waals surface area (Å²) in [6.45, 7) is 9.23. The number of ether oxygens (including phenoxy) is 1. The van der Waals surface area contributed by atoms with Crippen molar-refractivity contribution in [2.45, 2.75) is 69.8 Å². The SMILES string of the molecule is CC1(C)NC(C)(C)N(C(COCc2ccccc2)C(=O)N2CCC3(CC2)CN(S(C)(=O)=O)c2ccccc23)C1=O. The number of carbonyl (C=O) groups excluding carboxylic acids is 2. The first-order valence-electron chi connectivity index (χ1n) is 13.9. The fourth-order valence-corrected chi connectivity index (χ4v) is 7.76. The number of benzene rings is 2. The summed E-state index contributed by atoms with van der Waals surface area (Å²) in [6, 6.07) is 16.6. The van der Waals surface area contributed by atoms with Crippen molar-refractivity contribution in [2.24, 2.45) is 0 Å². The molecule has 3 aliphatic rings. The number of para-hydroxylation sites is 1. The summed E-state index contributed by atoms with van der Waals surface area (Å²) in [5.41, 5.74) is 0.855. The molecule has 3 heterocycles. The van der Waals surface area contributed by atoms with Crippen LogP contribution >= 0.6 is 0 Å². The number of hydrogen-bond acceptors (Lipinski definition) is 6. The molecule has 2 aromatic rings. The number of anilines is 1. The van der Waals surface area contributed by atoms with Gasteiger partial charge in [-0.1, -0.05) is 48.5 Å². The number of rotatable bonds is 7. The van der Waals surface area contributed by atoms with Crippen LogP contribution in [-0.4, -0.2) is 79.8 Å². The lowest BCUT2D eigenvalue weighted by atomic mass is 9.74. The van der Waals surface area contributed by atoms with Crippen molar-refractivity contribution in [1.82, 2.24) is 15.1 Å². The van der Waals surface area contributed by atoms with E-state index in [1.54, 1.807) is 4.90 Å². The Hall–Kier alpha value is -2.95. The Morgan fingerprint density at radius 1 is 1.00 bits per heavy atom. The van der Waals surface area contributed by atoms with E-state index < -0.39 is 27.3 Å². The number of piperidine rings is 1. The van der Waals surface area contributed by atoms with Crippen LogP contribution in [0.5, 0.6) is 0 Å². The molecule has 3 aliphatic heterocycles. The fourth-order valence-electron chi connectivity index (χ4n) is 6.76. The van der Waals surface area contributed by atoms with Crippen LogP contribution in [0.2, 0.25) is 0 Å². The highest BCUT2D eigenvalue weighted by Crippen LogP contribution is 2.48. The van der Waals surface area contributed by atoms with E-state index in [1.807, 2.05) is 87.2 Å². The van der Waals surface area contributed by atoms with E-state index in [2.05, 4.69) is 5.32 Å². The lowest BCUT2D eigenvalue weighted by molar-refractivity contribution is -0.152. The Kier molecular flexibility index (Phi) is 7.25. The van der Waals surface area contributed by atoms with Crippen LogP contribution in [0.15, 0.2) is 54.6 Å². The van der Waals surface area contributed by atoms with Gasteiger partial charge in [-0.3, -0.25) is 19.2 Å². The first-order valence-corrected chi connectivity index (χ1v) is 15.7. The number of nitrogens with one attached hydrogen (secondary N) is 1. The lowest BCUT2D eigenvalue weighted by Gasteiger charge is -2.43. The van der Waals surface area contributed by atoms with Gasteiger partial charge < -0.3 is 14.5 Å². The van der Waals surface area contributed by atoms with E-state index in [9.17, 15) is 18.0 Å². The molecule has 9 nitrogen and oxygen atoms in total. The third-order valence-electron chi connectivity index (χ3n) is 8.58. The number of carbonyl (C=O) groups is 2. The standard InChI is InChI=1S/C30H40N4O5S/c1-28(2)27(36)34(29(3,4)31-28)25(20-39-19-22-11-7-6-8-12-22)26(35)32-17-15-30(16-18-32)21-33(40(5,37)38)24-14-10-9-13-23(24)30/h6-14,25,31H,15-21H2,1-5H3. The predicted molar refractivity (Wildman–Crippen MR) is 154 cm³/mol. The molecule has 0 aromatic heterocycles. The van der Waals surface area contributed by atoms with Gasteiger partial charge in [-0.15, -0.1) is 0 Å². The van der Waals surface area contributed by atoms with Crippen LogP contribution in [0.4, 0.5) is 5.69 Å². The number of hydrogen-bond donors (Lipinski definition) is 1. The van der Waals surface area contributed by atoms with Gasteiger partial charge in [0.2, 0.25) is 21.8 Å². The first-order chi connectivity index (χ1) is 18.8. The zero-order valence-corrected chi connectivity index (χ0v) is 24.8. The minimum Gasteiger partial charge on any atom is -0.374 e. The van der Waals surface area contributed by atoms with Crippen LogP contribution in [0.25, 0.3) is 0 Å². The maximum atomic E-state index is 14.2. The van der Waals surface area contributed by atoms with Crippen molar-refractivity contribution in [3.05, 3.63) is 65.7 Å². The number of amides is 2. The predicted octanol–water partition coefficient (Wildman–Crippen LogP) is 2.86.